The van der Waals surface area contributed by atoms with E-state index in [1.165, 1.54) is 28.0 Å². The van der Waals surface area contributed by atoms with Crippen LogP contribution in [0.4, 0.5) is 0 Å². The van der Waals surface area contributed by atoms with E-state index in [0.29, 0.717) is 30.5 Å². The predicted octanol–water partition coefficient (Wildman–Crippen LogP) is 8.38. The van der Waals surface area contributed by atoms with Gasteiger partial charge in [-0.3, -0.25) is 9.59 Å². The van der Waals surface area contributed by atoms with Gasteiger partial charge in [0.25, 0.3) is 0 Å². The fourth-order valence-electron chi connectivity index (χ4n) is 5.92. The van der Waals surface area contributed by atoms with Crippen LogP contribution in [0.15, 0.2) is 72.2 Å². The molecule has 2 aliphatic carbocycles. The lowest BCUT2D eigenvalue weighted by Crippen LogP contribution is -2.13. The number of fused-ring (bicyclic) bond motifs is 1. The van der Waals surface area contributed by atoms with Gasteiger partial charge in [-0.1, -0.05) is 62.2 Å². The van der Waals surface area contributed by atoms with Gasteiger partial charge in [-0.15, -0.1) is 11.3 Å². The molecule has 4 heteroatoms. The average Bonchev–Trinajstić information content (AvgIpc) is 3.63. The first-order chi connectivity index (χ1) is 17.1. The minimum Gasteiger partial charge on any atom is -0.361 e. The monoisotopic (exact) mass is 483 g/mol. The Morgan fingerprint density at radius 1 is 1.06 bits per heavy atom. The lowest BCUT2D eigenvalue weighted by atomic mass is 9.82. The summed E-state index contributed by atoms with van der Waals surface area (Å²) in [6.07, 6.45) is 8.36. The van der Waals surface area contributed by atoms with Gasteiger partial charge in [-0.05, 0) is 71.4 Å². The van der Waals surface area contributed by atoms with E-state index < -0.39 is 0 Å². The number of carbonyl (C=O) groups is 2. The number of Topliss-reactive ketones (excluding diaryl/α,β-unsaturated/α-hetero) is 2. The molecule has 2 aromatic rings. The van der Waals surface area contributed by atoms with Crippen LogP contribution in [0.5, 0.6) is 0 Å². The maximum absolute atomic E-state index is 13.2. The number of nitrogens with one attached hydrogen (secondary N) is 1. The molecule has 35 heavy (non-hydrogen) atoms. The van der Waals surface area contributed by atoms with Gasteiger partial charge in [0.05, 0.1) is 4.88 Å². The molecule has 2 heterocycles. The number of H-pyrrole nitrogens is 1. The summed E-state index contributed by atoms with van der Waals surface area (Å²) in [6, 6.07) is 20.9. The minimum absolute atomic E-state index is 0.0140. The smallest absolute Gasteiger partial charge is 0.172 e. The van der Waals surface area contributed by atoms with Crippen LogP contribution in [0.1, 0.15) is 73.0 Å². The molecule has 3 atom stereocenters. The molecular formula is C31H33NO2S. The molecule has 0 amide bonds. The van der Waals surface area contributed by atoms with Crippen molar-refractivity contribution in [3.63, 3.8) is 0 Å². The van der Waals surface area contributed by atoms with E-state index in [4.69, 9.17) is 0 Å². The highest BCUT2D eigenvalue weighted by Crippen LogP contribution is 2.43. The number of ketones is 2. The van der Waals surface area contributed by atoms with E-state index in [-0.39, 0.29) is 11.7 Å². The number of thiophene rings is 1. The third-order valence-corrected chi connectivity index (χ3v) is 8.60. The van der Waals surface area contributed by atoms with Crippen molar-refractivity contribution >= 4 is 22.9 Å². The molecule has 1 aliphatic heterocycles. The van der Waals surface area contributed by atoms with Gasteiger partial charge in [-0.2, -0.15) is 0 Å². The number of hydrogen-bond donors (Lipinski definition) is 1. The molecule has 1 fully saturated rings. The van der Waals surface area contributed by atoms with Gasteiger partial charge in [-0.25, -0.2) is 0 Å². The Balaban J connectivity index is 1.27. The maximum atomic E-state index is 13.2. The second kappa shape index (κ2) is 10.7. The molecule has 0 spiro atoms. The van der Waals surface area contributed by atoms with E-state index in [1.54, 1.807) is 0 Å². The number of rotatable bonds is 10. The largest absolute Gasteiger partial charge is 0.361 e. The SMILES string of the molecule is CCCC(CCCC(=O)c1cccs1)C1CC(=O)C(c2cccc(-c3ccc4[nH]cccc3-4)c2)C1. The van der Waals surface area contributed by atoms with Crippen molar-refractivity contribution in [1.82, 2.24) is 4.98 Å². The first kappa shape index (κ1) is 23.7. The average molecular weight is 484 g/mol. The Kier molecular flexibility index (Phi) is 7.29. The van der Waals surface area contributed by atoms with Gasteiger partial charge in [0.1, 0.15) is 5.78 Å². The fraction of sp³-hybridized carbons (Fsp3) is 0.355. The van der Waals surface area contributed by atoms with E-state index in [9.17, 15) is 9.59 Å². The van der Waals surface area contributed by atoms with Crippen molar-refractivity contribution in [2.45, 2.75) is 57.8 Å². The number of pyridine rings is 1. The van der Waals surface area contributed by atoms with Crippen molar-refractivity contribution in [3.8, 4) is 22.4 Å². The highest BCUT2D eigenvalue weighted by Gasteiger charge is 2.37. The quantitative estimate of drug-likeness (QED) is 0.230. The second-order valence-corrected chi connectivity index (χ2v) is 10.9. The highest BCUT2D eigenvalue weighted by molar-refractivity contribution is 7.12. The molecule has 1 aromatic heterocycles. The topological polar surface area (TPSA) is 49.9 Å². The predicted molar refractivity (Wildman–Crippen MR) is 144 cm³/mol. The molecule has 3 unspecified atom stereocenters. The summed E-state index contributed by atoms with van der Waals surface area (Å²) >= 11 is 1.53. The Morgan fingerprint density at radius 3 is 2.80 bits per heavy atom. The van der Waals surface area contributed by atoms with E-state index >= 15 is 0 Å². The van der Waals surface area contributed by atoms with Crippen molar-refractivity contribution in [2.24, 2.45) is 11.8 Å². The summed E-state index contributed by atoms with van der Waals surface area (Å²) in [5, 5.41) is 1.96. The lowest BCUT2D eigenvalue weighted by Gasteiger charge is -2.23. The van der Waals surface area contributed by atoms with Crippen LogP contribution in [-0.4, -0.2) is 16.6 Å². The van der Waals surface area contributed by atoms with Crippen LogP contribution in [0.3, 0.4) is 0 Å². The van der Waals surface area contributed by atoms with Gasteiger partial charge in [0, 0.05) is 36.2 Å². The van der Waals surface area contributed by atoms with Crippen LogP contribution in [0, 0.1) is 11.8 Å². The fourth-order valence-corrected chi connectivity index (χ4v) is 6.62. The van der Waals surface area contributed by atoms with Gasteiger partial charge in [0.15, 0.2) is 5.78 Å². The molecule has 1 aromatic carbocycles. The Hall–Kier alpha value is -2.98. The van der Waals surface area contributed by atoms with E-state index in [0.717, 1.165) is 48.2 Å². The third-order valence-electron chi connectivity index (χ3n) is 7.69. The first-order valence-corrected chi connectivity index (χ1v) is 13.8. The van der Waals surface area contributed by atoms with E-state index in [1.807, 2.05) is 29.8 Å². The Bertz CT molecular complexity index is 1250. The summed E-state index contributed by atoms with van der Waals surface area (Å²) in [5.74, 6) is 1.55. The second-order valence-electron chi connectivity index (χ2n) is 9.93. The summed E-state index contributed by atoms with van der Waals surface area (Å²) in [7, 11) is 0. The molecule has 0 radical (unpaired) electrons. The summed E-state index contributed by atoms with van der Waals surface area (Å²) in [6.45, 7) is 2.23. The van der Waals surface area contributed by atoms with Crippen LogP contribution in [0.2, 0.25) is 0 Å². The summed E-state index contributed by atoms with van der Waals surface area (Å²) < 4.78 is 0. The third kappa shape index (κ3) is 5.18. The van der Waals surface area contributed by atoms with Gasteiger partial charge < -0.3 is 4.98 Å². The molecule has 1 saturated carbocycles. The van der Waals surface area contributed by atoms with E-state index in [2.05, 4.69) is 54.4 Å². The molecule has 0 bridgehead atoms. The molecule has 0 saturated heterocycles. The van der Waals surface area contributed by atoms with Crippen LogP contribution < -0.4 is 0 Å². The maximum Gasteiger partial charge on any atom is 0.172 e. The number of benzene rings is 1. The first-order valence-electron chi connectivity index (χ1n) is 12.9. The number of aromatic nitrogens is 1. The van der Waals surface area contributed by atoms with Crippen LogP contribution >= 0.6 is 11.3 Å². The molecule has 3 nitrogen and oxygen atoms in total. The molecule has 3 aliphatic rings. The number of carbonyl (C=O) groups excluding carboxylic acids is 2. The number of aromatic amines is 1. The molecule has 5 rings (SSSR count). The molecular weight excluding hydrogens is 450 g/mol. The summed E-state index contributed by atoms with van der Waals surface area (Å²) in [4.78, 5) is 29.8. The zero-order valence-corrected chi connectivity index (χ0v) is 21.2. The van der Waals surface area contributed by atoms with Crippen molar-refractivity contribution in [1.29, 1.82) is 0 Å². The Labute approximate surface area is 211 Å². The normalized spacial score (nSPS) is 18.8. The summed E-state index contributed by atoms with van der Waals surface area (Å²) in [5.41, 5.74) is 5.86. The molecule has 180 valence electrons. The number of hydrogen-bond acceptors (Lipinski definition) is 3. The van der Waals surface area contributed by atoms with Crippen molar-refractivity contribution < 1.29 is 9.59 Å². The van der Waals surface area contributed by atoms with Crippen LogP contribution in [-0.2, 0) is 4.79 Å². The van der Waals surface area contributed by atoms with Gasteiger partial charge >= 0.3 is 0 Å². The highest BCUT2D eigenvalue weighted by atomic mass is 32.1. The molecule has 1 N–H and O–H groups in total. The minimum atomic E-state index is -0.0140. The Morgan fingerprint density at radius 2 is 1.97 bits per heavy atom. The standard InChI is InChI=1S/C31H33NO2S/c1-2-7-21(8-4-12-29(33)31-13-6-17-35-31)24-19-27(30(34)20-24)23-10-3-9-22(18-23)25-14-15-28-26(25)11-5-16-32-28/h3,5-6,9-11,13-18,21,24,27,32H,2,4,7-8,12,19-20H2,1H3. The zero-order chi connectivity index (χ0) is 24.2. The lowest BCUT2D eigenvalue weighted by molar-refractivity contribution is -0.118. The van der Waals surface area contributed by atoms with Gasteiger partial charge in [0.2, 0.25) is 0 Å². The van der Waals surface area contributed by atoms with Crippen molar-refractivity contribution in [2.75, 3.05) is 0 Å². The van der Waals surface area contributed by atoms with Crippen LogP contribution in [0.25, 0.3) is 22.4 Å². The zero-order valence-electron chi connectivity index (χ0n) is 20.3. The van der Waals surface area contributed by atoms with Crippen molar-refractivity contribution in [3.05, 3.63) is 82.7 Å².